The van der Waals surface area contributed by atoms with Crippen LogP contribution >= 0.6 is 0 Å². The van der Waals surface area contributed by atoms with E-state index in [0.29, 0.717) is 19.4 Å². The smallest absolute Gasteiger partial charge is 0.550 e. The van der Waals surface area contributed by atoms with Crippen molar-refractivity contribution in [2.24, 2.45) is 11.5 Å². The first kappa shape index (κ1) is 53.2. The van der Waals surface area contributed by atoms with Crippen molar-refractivity contribution < 1.29 is 89.7 Å². The van der Waals surface area contributed by atoms with E-state index in [1.807, 2.05) is 0 Å². The summed E-state index contributed by atoms with van der Waals surface area (Å²) >= 11 is 0. The third-order valence-electron chi connectivity index (χ3n) is 4.21. The molecule has 0 aromatic rings. The number of rotatable bonds is 15. The molecular weight excluding hydrogens is 633 g/mol. The quantitative estimate of drug-likeness (QED) is 0.0341. The van der Waals surface area contributed by atoms with Gasteiger partial charge in [-0.15, -0.1) is 0 Å². The van der Waals surface area contributed by atoms with E-state index < -0.39 is 84.1 Å². The van der Waals surface area contributed by atoms with Crippen molar-refractivity contribution in [3.63, 3.8) is 0 Å². The predicted molar refractivity (Wildman–Crippen MR) is 123 cm³/mol. The van der Waals surface area contributed by atoms with E-state index in [-0.39, 0.29) is 75.1 Å². The maximum Gasteiger partial charge on any atom is 2.00 e. The summed E-state index contributed by atoms with van der Waals surface area (Å²) in [7, 11) is 0. The number of aliphatic hydroxyl groups is 4. The number of carboxylic acids is 7. The zero-order valence-corrected chi connectivity index (χ0v) is 26.3. The van der Waals surface area contributed by atoms with Crippen LogP contribution in [0.2, 0.25) is 0 Å². The van der Waals surface area contributed by atoms with Gasteiger partial charge in [0, 0.05) is 31.3 Å². The van der Waals surface area contributed by atoms with Gasteiger partial charge in [-0.3, -0.25) is 10.2 Å². The molecule has 0 aromatic heterocycles. The van der Waals surface area contributed by atoms with Crippen LogP contribution in [0, 0.1) is 5.41 Å². The fourth-order valence-corrected chi connectivity index (χ4v) is 2.06. The molecule has 0 rings (SSSR count). The molecule has 0 fully saturated rings. The molecule has 0 amide bonds. The van der Waals surface area contributed by atoms with Gasteiger partial charge in [0.05, 0.1) is 23.9 Å². The van der Waals surface area contributed by atoms with Gasteiger partial charge < -0.3 is 102 Å². The van der Waals surface area contributed by atoms with E-state index in [1.165, 1.54) is 0 Å². The van der Waals surface area contributed by atoms with Gasteiger partial charge in [0.2, 0.25) is 0 Å². The second-order valence-electron chi connectivity index (χ2n) is 7.39. The minimum absolute atomic E-state index is 0. The third kappa shape index (κ3) is 21.9. The molecule has 230 valence electrons. The average Bonchev–Trinajstić information content (AvgIpc) is 2.79. The molecule has 0 aliphatic carbocycles. The maximum absolute atomic E-state index is 10.2. The number of carboxylic acid groups (broad SMARTS) is 7. The Hall–Kier alpha value is -2.34. The number of nitrogens with one attached hydrogen (secondary N) is 2. The van der Waals surface area contributed by atoms with Gasteiger partial charge in [-0.1, -0.05) is 0 Å². The first-order valence-corrected chi connectivity index (χ1v) is 10.1. The van der Waals surface area contributed by atoms with E-state index in [9.17, 15) is 64.2 Å². The molecule has 25 heteroatoms. The summed E-state index contributed by atoms with van der Waals surface area (Å²) in [6, 6.07) is -0.821. The van der Waals surface area contributed by atoms with Gasteiger partial charge in [-0.05, 0) is 12.8 Å². The van der Waals surface area contributed by atoms with Crippen LogP contribution in [0.25, 0.3) is 0 Å². The SMILES string of the molecule is N=C(N)NCCC[C@H](N)C(=O)O.O=C([O-])CC(O)(C(=O)[O-])C(O)C(=O)[O-].O=C([O-])CC(O)(C(=O)[O-])C(O)C(=O)[O-].[Mg+2].[Mg+2].[Mg+2]. The molecule has 0 radical (unpaired) electrons. The number of aliphatic hydroxyl groups excluding tert-OH is 2. The number of aliphatic carboxylic acids is 7. The molecule has 4 unspecified atom stereocenters. The van der Waals surface area contributed by atoms with Crippen molar-refractivity contribution in [2.75, 3.05) is 6.54 Å². The molecule has 0 aliphatic rings. The van der Waals surface area contributed by atoms with Crippen LogP contribution in [0.1, 0.15) is 25.7 Å². The Morgan fingerprint density at radius 2 is 1.05 bits per heavy atom. The topological polar surface area (TPSA) is 447 Å². The number of nitrogens with two attached hydrogens (primary N) is 2. The van der Waals surface area contributed by atoms with Crippen molar-refractivity contribution in [1.29, 1.82) is 5.41 Å². The van der Waals surface area contributed by atoms with Gasteiger partial charge >= 0.3 is 75.1 Å². The monoisotopic (exact) mass is 656 g/mol. The normalized spacial score (nSPS) is 14.3. The van der Waals surface area contributed by atoms with Crippen molar-refractivity contribution in [3.8, 4) is 0 Å². The standard InChI is InChI=1S/C6H14N4O2.2C6H8O8.3Mg/c7-4(5(11)12)2-1-3-10-6(8)9;2*7-2(8)1-6(14,5(12)13)3(9)4(10)11;;;/h4H,1-3,7H2,(H,11,12)(H4,8,9,10);2*3,9,14H,1H2,(H,7,8)(H,10,11)(H,12,13);;;/q;;;3*+2/p-6/t4-;;;;;/m0...../s1. The Kier molecular flexibility index (Phi) is 31.0. The van der Waals surface area contributed by atoms with Crippen molar-refractivity contribution >= 4 is 117 Å². The predicted octanol–water partition coefficient (Wildman–Crippen LogP) is -15.0. The van der Waals surface area contributed by atoms with Gasteiger partial charge in [0.25, 0.3) is 0 Å². The van der Waals surface area contributed by atoms with Gasteiger partial charge in [0.15, 0.2) is 5.96 Å². The zero-order chi connectivity index (χ0) is 32.6. The molecular formula is C18H24Mg3N4O18. The summed E-state index contributed by atoms with van der Waals surface area (Å²) in [4.78, 5) is 70.5. The van der Waals surface area contributed by atoms with Crippen LogP contribution in [-0.2, 0) is 33.6 Å². The first-order valence-electron chi connectivity index (χ1n) is 10.1. The maximum atomic E-state index is 10.2. The molecule has 0 spiro atoms. The fraction of sp³-hybridized carbons (Fsp3) is 0.556. The van der Waals surface area contributed by atoms with Gasteiger partial charge in [-0.25, -0.2) is 0 Å². The molecule has 0 bridgehead atoms. The summed E-state index contributed by atoms with van der Waals surface area (Å²) in [6.07, 6.45) is -8.09. The second kappa shape index (κ2) is 25.0. The number of hydrogen-bond donors (Lipinski definition) is 9. The van der Waals surface area contributed by atoms with Crippen molar-refractivity contribution in [1.82, 2.24) is 5.32 Å². The zero-order valence-electron chi connectivity index (χ0n) is 22.1. The minimum Gasteiger partial charge on any atom is -0.550 e. The van der Waals surface area contributed by atoms with Gasteiger partial charge in [-0.2, -0.15) is 0 Å². The summed E-state index contributed by atoms with van der Waals surface area (Å²) in [5.41, 5.74) is 3.29. The molecule has 11 N–H and O–H groups in total. The molecule has 0 saturated heterocycles. The van der Waals surface area contributed by atoms with Crippen LogP contribution in [0.3, 0.4) is 0 Å². The molecule has 0 aromatic carbocycles. The largest absolute Gasteiger partial charge is 2.00 e. The Labute approximate surface area is 289 Å². The molecule has 0 saturated carbocycles. The Balaban J connectivity index is -0.000000116. The van der Waals surface area contributed by atoms with E-state index >= 15 is 0 Å². The fourth-order valence-electron chi connectivity index (χ4n) is 2.06. The summed E-state index contributed by atoms with van der Waals surface area (Å²) in [6.45, 7) is 0.482. The Morgan fingerprint density at radius 3 is 1.23 bits per heavy atom. The summed E-state index contributed by atoms with van der Waals surface area (Å²) in [5, 5.41) is 113. The van der Waals surface area contributed by atoms with Crippen LogP contribution in [0.5, 0.6) is 0 Å². The number of carbonyl (C=O) groups is 7. The van der Waals surface area contributed by atoms with E-state index in [0.717, 1.165) is 0 Å². The van der Waals surface area contributed by atoms with Crippen LogP contribution in [0.15, 0.2) is 0 Å². The third-order valence-corrected chi connectivity index (χ3v) is 4.21. The Bertz CT molecular complexity index is 917. The van der Waals surface area contributed by atoms with Crippen LogP contribution < -0.4 is 47.4 Å². The molecule has 0 aliphatic heterocycles. The van der Waals surface area contributed by atoms with Crippen molar-refractivity contribution in [2.45, 2.75) is 55.1 Å². The molecule has 43 heavy (non-hydrogen) atoms. The summed E-state index contributed by atoms with van der Waals surface area (Å²) in [5.74, 6) is -14.8. The Morgan fingerprint density at radius 1 is 0.744 bits per heavy atom. The molecule has 0 heterocycles. The molecule has 22 nitrogen and oxygen atoms in total. The van der Waals surface area contributed by atoms with Gasteiger partial charge in [0.1, 0.15) is 29.5 Å². The first-order chi connectivity index (χ1) is 18.0. The number of hydrogen-bond acceptors (Lipinski definition) is 19. The second-order valence-corrected chi connectivity index (χ2v) is 7.39. The average molecular weight is 657 g/mol. The number of guanidine groups is 1. The van der Waals surface area contributed by atoms with E-state index in [2.05, 4.69) is 5.32 Å². The minimum atomic E-state index is -3.46. The number of carbonyl (C=O) groups excluding carboxylic acids is 6. The van der Waals surface area contributed by atoms with Crippen LogP contribution in [-0.4, -0.2) is 178 Å². The van der Waals surface area contributed by atoms with Crippen molar-refractivity contribution in [3.05, 3.63) is 0 Å². The summed E-state index contributed by atoms with van der Waals surface area (Å²) < 4.78 is 0. The van der Waals surface area contributed by atoms with E-state index in [4.69, 9.17) is 42.4 Å². The van der Waals surface area contributed by atoms with E-state index in [1.54, 1.807) is 0 Å². The van der Waals surface area contributed by atoms with Crippen LogP contribution in [0.4, 0.5) is 0 Å². The molecule has 5 atom stereocenters.